The Kier molecular flexibility index (Phi) is 5.26. The van der Waals surface area contributed by atoms with Crippen LogP contribution in [0.5, 0.6) is 0 Å². The Morgan fingerprint density at radius 3 is 2.19 bits per heavy atom. The molecule has 0 unspecified atom stereocenters. The number of hydrogen-bond acceptors (Lipinski definition) is 2. The number of nitrogens with two attached hydrogens (primary N) is 1. The number of likely N-dealkylation sites (N-methyl/N-ethyl adjacent to an activating group) is 1. The summed E-state index contributed by atoms with van der Waals surface area (Å²) in [4.78, 5) is 2.45. The second-order valence-electron chi connectivity index (χ2n) is 6.12. The SMILES string of the molecule is CCC(C)(C)C1CCC(N(C)CCN)CC1. The fourth-order valence-electron chi connectivity index (χ4n) is 2.97. The van der Waals surface area contributed by atoms with Gasteiger partial charge in [0.1, 0.15) is 0 Å². The molecule has 1 aliphatic rings. The summed E-state index contributed by atoms with van der Waals surface area (Å²) >= 11 is 0. The van der Waals surface area contributed by atoms with E-state index in [1.54, 1.807) is 0 Å². The van der Waals surface area contributed by atoms with E-state index in [1.807, 2.05) is 0 Å². The predicted octanol–water partition coefficient (Wildman–Crippen LogP) is 2.87. The van der Waals surface area contributed by atoms with Gasteiger partial charge in [-0.15, -0.1) is 0 Å². The monoisotopic (exact) mass is 226 g/mol. The molecule has 1 fully saturated rings. The van der Waals surface area contributed by atoms with Gasteiger partial charge in [-0.1, -0.05) is 27.2 Å². The highest BCUT2D eigenvalue weighted by atomic mass is 15.1. The molecule has 0 atom stereocenters. The summed E-state index contributed by atoms with van der Waals surface area (Å²) in [5, 5.41) is 0. The van der Waals surface area contributed by atoms with Gasteiger partial charge in [0.05, 0.1) is 0 Å². The van der Waals surface area contributed by atoms with Crippen LogP contribution < -0.4 is 5.73 Å². The van der Waals surface area contributed by atoms with Gasteiger partial charge in [-0.3, -0.25) is 0 Å². The maximum absolute atomic E-state index is 5.61. The number of nitrogens with zero attached hydrogens (tertiary/aromatic N) is 1. The first kappa shape index (κ1) is 14.0. The van der Waals surface area contributed by atoms with E-state index in [9.17, 15) is 0 Å². The van der Waals surface area contributed by atoms with Gasteiger partial charge in [0.2, 0.25) is 0 Å². The zero-order valence-corrected chi connectivity index (χ0v) is 11.6. The van der Waals surface area contributed by atoms with Crippen LogP contribution in [-0.2, 0) is 0 Å². The van der Waals surface area contributed by atoms with E-state index in [-0.39, 0.29) is 0 Å². The Morgan fingerprint density at radius 2 is 1.75 bits per heavy atom. The molecule has 2 N–H and O–H groups in total. The molecule has 0 radical (unpaired) electrons. The van der Waals surface area contributed by atoms with Gasteiger partial charge < -0.3 is 10.6 Å². The Balaban J connectivity index is 2.39. The van der Waals surface area contributed by atoms with Gasteiger partial charge in [-0.2, -0.15) is 0 Å². The summed E-state index contributed by atoms with van der Waals surface area (Å²) in [7, 11) is 2.23. The molecule has 2 heteroatoms. The molecular weight excluding hydrogens is 196 g/mol. The average Bonchev–Trinajstić information content (AvgIpc) is 2.29. The third kappa shape index (κ3) is 3.46. The van der Waals surface area contributed by atoms with Crippen molar-refractivity contribution in [2.45, 2.75) is 58.9 Å². The Bertz CT molecular complexity index is 193. The topological polar surface area (TPSA) is 29.3 Å². The Morgan fingerprint density at radius 1 is 1.19 bits per heavy atom. The van der Waals surface area contributed by atoms with Gasteiger partial charge >= 0.3 is 0 Å². The first-order valence-electron chi connectivity index (χ1n) is 6.91. The highest BCUT2D eigenvalue weighted by Gasteiger charge is 2.32. The summed E-state index contributed by atoms with van der Waals surface area (Å²) in [5.41, 5.74) is 6.15. The van der Waals surface area contributed by atoms with Crippen LogP contribution in [0, 0.1) is 11.3 Å². The van der Waals surface area contributed by atoms with Crippen LogP contribution in [0.3, 0.4) is 0 Å². The van der Waals surface area contributed by atoms with Crippen molar-refractivity contribution in [1.29, 1.82) is 0 Å². The second kappa shape index (κ2) is 6.02. The summed E-state index contributed by atoms with van der Waals surface area (Å²) in [6, 6.07) is 0.785. The fourth-order valence-corrected chi connectivity index (χ4v) is 2.97. The lowest BCUT2D eigenvalue weighted by molar-refractivity contribution is 0.0993. The van der Waals surface area contributed by atoms with Gasteiger partial charge in [-0.05, 0) is 44.1 Å². The van der Waals surface area contributed by atoms with Crippen molar-refractivity contribution < 1.29 is 0 Å². The smallest absolute Gasteiger partial charge is 0.0104 e. The molecule has 0 bridgehead atoms. The van der Waals surface area contributed by atoms with Crippen LogP contribution in [-0.4, -0.2) is 31.1 Å². The Labute approximate surface area is 102 Å². The fraction of sp³-hybridized carbons (Fsp3) is 1.00. The van der Waals surface area contributed by atoms with Crippen LogP contribution >= 0.6 is 0 Å². The van der Waals surface area contributed by atoms with E-state index >= 15 is 0 Å². The molecule has 1 rings (SSSR count). The molecule has 1 aliphatic carbocycles. The van der Waals surface area contributed by atoms with E-state index in [0.717, 1.165) is 25.0 Å². The molecule has 96 valence electrons. The van der Waals surface area contributed by atoms with E-state index < -0.39 is 0 Å². The molecule has 0 heterocycles. The van der Waals surface area contributed by atoms with E-state index in [2.05, 4.69) is 32.7 Å². The second-order valence-corrected chi connectivity index (χ2v) is 6.12. The molecule has 0 amide bonds. The standard InChI is InChI=1S/C14H30N2/c1-5-14(2,3)12-6-8-13(9-7-12)16(4)11-10-15/h12-13H,5-11,15H2,1-4H3. The number of hydrogen-bond donors (Lipinski definition) is 1. The average molecular weight is 226 g/mol. The van der Waals surface area contributed by atoms with Gasteiger partial charge in [-0.25, -0.2) is 0 Å². The lowest BCUT2D eigenvalue weighted by atomic mass is 9.69. The zero-order valence-electron chi connectivity index (χ0n) is 11.6. The molecule has 0 aromatic rings. The summed E-state index contributed by atoms with van der Waals surface area (Å²) < 4.78 is 0. The molecule has 0 aromatic heterocycles. The van der Waals surface area contributed by atoms with Crippen LogP contribution in [0.2, 0.25) is 0 Å². The number of rotatable bonds is 5. The zero-order chi connectivity index (χ0) is 12.2. The van der Waals surface area contributed by atoms with Crippen LogP contribution in [0.4, 0.5) is 0 Å². The van der Waals surface area contributed by atoms with E-state index in [0.29, 0.717) is 5.41 Å². The van der Waals surface area contributed by atoms with Crippen molar-refractivity contribution in [2.24, 2.45) is 17.1 Å². The maximum atomic E-state index is 5.61. The van der Waals surface area contributed by atoms with Crippen molar-refractivity contribution in [3.05, 3.63) is 0 Å². The first-order valence-corrected chi connectivity index (χ1v) is 6.91. The van der Waals surface area contributed by atoms with E-state index in [4.69, 9.17) is 5.73 Å². The maximum Gasteiger partial charge on any atom is 0.0104 e. The highest BCUT2D eigenvalue weighted by Crippen LogP contribution is 2.41. The third-order valence-electron chi connectivity index (χ3n) is 4.82. The van der Waals surface area contributed by atoms with Crippen LogP contribution in [0.25, 0.3) is 0 Å². The summed E-state index contributed by atoms with van der Waals surface area (Å²) in [5.74, 6) is 0.931. The third-order valence-corrected chi connectivity index (χ3v) is 4.82. The summed E-state index contributed by atoms with van der Waals surface area (Å²) in [6.07, 6.45) is 6.84. The molecule has 0 saturated heterocycles. The molecule has 0 aliphatic heterocycles. The van der Waals surface area contributed by atoms with Crippen molar-refractivity contribution in [2.75, 3.05) is 20.1 Å². The first-order chi connectivity index (χ1) is 7.51. The lowest BCUT2D eigenvalue weighted by Gasteiger charge is -2.41. The van der Waals surface area contributed by atoms with Crippen molar-refractivity contribution in [1.82, 2.24) is 4.90 Å². The van der Waals surface area contributed by atoms with Gasteiger partial charge in [0.25, 0.3) is 0 Å². The largest absolute Gasteiger partial charge is 0.329 e. The minimum absolute atomic E-state index is 0.539. The minimum Gasteiger partial charge on any atom is -0.329 e. The van der Waals surface area contributed by atoms with Crippen molar-refractivity contribution in [3.63, 3.8) is 0 Å². The van der Waals surface area contributed by atoms with Crippen molar-refractivity contribution >= 4 is 0 Å². The van der Waals surface area contributed by atoms with Crippen LogP contribution in [0.1, 0.15) is 52.9 Å². The molecule has 0 aromatic carbocycles. The predicted molar refractivity (Wildman–Crippen MR) is 71.5 cm³/mol. The quantitative estimate of drug-likeness (QED) is 0.781. The van der Waals surface area contributed by atoms with Crippen molar-refractivity contribution in [3.8, 4) is 0 Å². The molecule has 0 spiro atoms. The van der Waals surface area contributed by atoms with Gasteiger partial charge in [0.15, 0.2) is 0 Å². The summed E-state index contributed by atoms with van der Waals surface area (Å²) in [6.45, 7) is 9.03. The highest BCUT2D eigenvalue weighted by molar-refractivity contribution is 4.85. The normalized spacial score (nSPS) is 27.4. The molecule has 2 nitrogen and oxygen atoms in total. The van der Waals surface area contributed by atoms with Gasteiger partial charge in [0, 0.05) is 19.1 Å². The molecule has 1 saturated carbocycles. The molecular formula is C14H30N2. The van der Waals surface area contributed by atoms with Crippen LogP contribution in [0.15, 0.2) is 0 Å². The minimum atomic E-state index is 0.539. The molecule has 16 heavy (non-hydrogen) atoms. The Hall–Kier alpha value is -0.0800. The lowest BCUT2D eigenvalue weighted by Crippen LogP contribution is -2.40. The van der Waals surface area contributed by atoms with E-state index in [1.165, 1.54) is 32.1 Å².